The Labute approximate surface area is 307 Å². The van der Waals surface area contributed by atoms with Crippen molar-refractivity contribution in [1.82, 2.24) is 24.8 Å². The topological polar surface area (TPSA) is 93.2 Å². The van der Waals surface area contributed by atoms with Crippen LogP contribution in [0.1, 0.15) is 65.4 Å². The minimum Gasteiger partial charge on any atom is -0.472 e. The number of pyridine rings is 1. The van der Waals surface area contributed by atoms with Crippen molar-refractivity contribution in [3.05, 3.63) is 59.7 Å². The molecular formula is C41H42F2N6O4. The lowest BCUT2D eigenvalue weighted by Crippen LogP contribution is -2.65. The molecule has 7 heterocycles. The second-order valence-corrected chi connectivity index (χ2v) is 16.2. The summed E-state index contributed by atoms with van der Waals surface area (Å²) in [4.78, 5) is 34.6. The molecule has 1 amide bonds. The number of ether oxygens (including phenoxy) is 3. The third kappa shape index (κ3) is 5.30. The summed E-state index contributed by atoms with van der Waals surface area (Å²) in [5, 5.41) is 1.32. The lowest BCUT2D eigenvalue weighted by Gasteiger charge is -2.48. The van der Waals surface area contributed by atoms with E-state index in [4.69, 9.17) is 35.6 Å². The van der Waals surface area contributed by atoms with E-state index >= 15 is 8.78 Å². The Hall–Kier alpha value is -5.02. The second kappa shape index (κ2) is 12.0. The number of rotatable bonds is 4. The average molecular weight is 721 g/mol. The Morgan fingerprint density at radius 2 is 1.98 bits per heavy atom. The molecule has 4 aromatic rings. The summed E-state index contributed by atoms with van der Waals surface area (Å²) in [5.41, 5.74) is 0.512. The summed E-state index contributed by atoms with van der Waals surface area (Å²) < 4.78 is 51.5. The number of benzene rings is 2. The Balaban J connectivity index is 1.22. The van der Waals surface area contributed by atoms with Crippen LogP contribution in [0.25, 0.3) is 32.9 Å². The molecule has 0 N–H and O–H groups in total. The van der Waals surface area contributed by atoms with E-state index in [0.29, 0.717) is 40.7 Å². The van der Waals surface area contributed by atoms with Crippen LogP contribution in [0.2, 0.25) is 0 Å². The van der Waals surface area contributed by atoms with E-state index in [1.165, 1.54) is 6.07 Å². The van der Waals surface area contributed by atoms with Gasteiger partial charge in [-0.25, -0.2) is 18.6 Å². The molecule has 4 fully saturated rings. The molecule has 10 nitrogen and oxygen atoms in total. The van der Waals surface area contributed by atoms with Gasteiger partial charge in [0.15, 0.2) is 5.82 Å². The van der Waals surface area contributed by atoms with Crippen molar-refractivity contribution in [3.8, 4) is 35.5 Å². The average Bonchev–Trinajstić information content (AvgIpc) is 3.72. The van der Waals surface area contributed by atoms with Gasteiger partial charge in [-0.3, -0.25) is 9.80 Å². The molecule has 5 aliphatic heterocycles. The maximum atomic E-state index is 17.4. The smallest absolute Gasteiger partial charge is 0.410 e. The van der Waals surface area contributed by atoms with Gasteiger partial charge in [0.1, 0.15) is 46.5 Å². The first-order valence-corrected chi connectivity index (χ1v) is 18.4. The standard InChI is InChI=1S/C41H42F2N6O4/c1-7-26-28(42)14-12-24-10-8-11-27(30(24)26)33-32(43)34-31-36(46-38(45-34)51-21-41-16-9-17-47(41)19-22(2)18-41)48-20-25-13-15-29(35(48)23(3)52-37(31)44-33)49(25)39(50)53-40(4,5)6/h1,8,10-12,14,23,25,29,35H,2,9,13,15-21H2,3-6H3/t23-,25+,29-,35+,41+/m0/s1. The van der Waals surface area contributed by atoms with Gasteiger partial charge in [0.05, 0.1) is 29.2 Å². The lowest BCUT2D eigenvalue weighted by atomic mass is 9.94. The minimum atomic E-state index is -0.725. The van der Waals surface area contributed by atoms with Gasteiger partial charge < -0.3 is 19.1 Å². The molecule has 5 atom stereocenters. The normalized spacial score (nSPS) is 26.3. The van der Waals surface area contributed by atoms with Crippen LogP contribution in [0.5, 0.6) is 11.9 Å². The fourth-order valence-electron chi connectivity index (χ4n) is 9.60. The van der Waals surface area contributed by atoms with Crippen molar-refractivity contribution in [1.29, 1.82) is 0 Å². The minimum absolute atomic E-state index is 0.0147. The lowest BCUT2D eigenvalue weighted by molar-refractivity contribution is 0.000937. The Morgan fingerprint density at radius 1 is 1.15 bits per heavy atom. The van der Waals surface area contributed by atoms with Gasteiger partial charge in [0.2, 0.25) is 5.88 Å². The van der Waals surface area contributed by atoms with Crippen LogP contribution in [0.15, 0.2) is 42.5 Å². The van der Waals surface area contributed by atoms with E-state index < -0.39 is 23.3 Å². The molecule has 2 bridgehead atoms. The molecule has 4 saturated heterocycles. The van der Waals surface area contributed by atoms with Crippen molar-refractivity contribution in [2.24, 2.45) is 0 Å². The van der Waals surface area contributed by atoms with Crippen LogP contribution < -0.4 is 14.4 Å². The Bertz CT molecular complexity index is 2270. The summed E-state index contributed by atoms with van der Waals surface area (Å²) in [6.45, 7) is 14.3. The van der Waals surface area contributed by atoms with Crippen LogP contribution in [-0.2, 0) is 4.74 Å². The number of carbonyl (C=O) groups is 1. The molecule has 0 radical (unpaired) electrons. The van der Waals surface area contributed by atoms with Crippen LogP contribution in [0.4, 0.5) is 19.4 Å². The van der Waals surface area contributed by atoms with Crippen LogP contribution in [-0.4, -0.2) is 92.5 Å². The van der Waals surface area contributed by atoms with Crippen LogP contribution in [0.3, 0.4) is 0 Å². The van der Waals surface area contributed by atoms with Crippen molar-refractivity contribution in [3.63, 3.8) is 0 Å². The number of hydrogen-bond acceptors (Lipinski definition) is 9. The molecule has 9 rings (SSSR count). The fraction of sp³-hybridized carbons (Fsp3) is 0.463. The van der Waals surface area contributed by atoms with Gasteiger partial charge in [-0.15, -0.1) is 6.42 Å². The van der Waals surface area contributed by atoms with E-state index in [9.17, 15) is 4.79 Å². The van der Waals surface area contributed by atoms with Gasteiger partial charge in [-0.1, -0.05) is 42.3 Å². The molecular weight excluding hydrogens is 678 g/mol. The monoisotopic (exact) mass is 720 g/mol. The molecule has 0 spiro atoms. The number of halogens is 2. The van der Waals surface area contributed by atoms with Gasteiger partial charge in [-0.05, 0) is 77.8 Å². The fourth-order valence-corrected chi connectivity index (χ4v) is 9.60. The van der Waals surface area contributed by atoms with Gasteiger partial charge >= 0.3 is 12.1 Å². The van der Waals surface area contributed by atoms with Crippen molar-refractivity contribution in [2.45, 2.75) is 95.2 Å². The van der Waals surface area contributed by atoms with E-state index in [1.807, 2.05) is 32.6 Å². The summed E-state index contributed by atoms with van der Waals surface area (Å²) >= 11 is 0. The van der Waals surface area contributed by atoms with Gasteiger partial charge in [-0.2, -0.15) is 9.97 Å². The Kier molecular flexibility index (Phi) is 7.65. The summed E-state index contributed by atoms with van der Waals surface area (Å²) in [6, 6.07) is 7.40. The summed E-state index contributed by atoms with van der Waals surface area (Å²) in [6.07, 6.45) is 9.27. The van der Waals surface area contributed by atoms with Crippen molar-refractivity contribution < 1.29 is 27.8 Å². The highest BCUT2D eigenvalue weighted by Crippen LogP contribution is 2.48. The summed E-state index contributed by atoms with van der Waals surface area (Å²) in [7, 11) is 0. The molecule has 2 aromatic carbocycles. The first-order chi connectivity index (χ1) is 25.4. The number of anilines is 1. The molecule has 274 valence electrons. The molecule has 12 heteroatoms. The van der Waals surface area contributed by atoms with E-state index in [-0.39, 0.29) is 58.4 Å². The number of terminal acetylenes is 1. The van der Waals surface area contributed by atoms with Gasteiger partial charge in [0.25, 0.3) is 0 Å². The number of piperazine rings is 1. The zero-order valence-electron chi connectivity index (χ0n) is 30.4. The Morgan fingerprint density at radius 3 is 2.77 bits per heavy atom. The SMILES string of the molecule is C#Cc1c(F)ccc2cccc(-c3nc4c5c(nc(OC[C@]67CCCN6CC(=C)C7)nc5c3F)N3C[C@H]5CC[C@@H]([C@H]3[C@H](C)O4)N5C(=O)OC(C)(C)C)c12. The first kappa shape index (κ1) is 33.8. The number of aromatic nitrogens is 3. The highest BCUT2D eigenvalue weighted by Gasteiger charge is 2.54. The number of hydrogen-bond donors (Lipinski definition) is 0. The van der Waals surface area contributed by atoms with E-state index in [1.54, 1.807) is 24.3 Å². The maximum Gasteiger partial charge on any atom is 0.410 e. The molecule has 53 heavy (non-hydrogen) atoms. The van der Waals surface area contributed by atoms with Crippen LogP contribution in [0, 0.1) is 24.0 Å². The molecule has 5 aliphatic rings. The van der Waals surface area contributed by atoms with E-state index in [2.05, 4.69) is 22.3 Å². The predicted molar refractivity (Wildman–Crippen MR) is 197 cm³/mol. The highest BCUT2D eigenvalue weighted by atomic mass is 19.1. The zero-order chi connectivity index (χ0) is 37.0. The number of amides is 1. The third-order valence-corrected chi connectivity index (χ3v) is 11.7. The molecule has 0 saturated carbocycles. The molecule has 0 unspecified atom stereocenters. The quantitative estimate of drug-likeness (QED) is 0.163. The summed E-state index contributed by atoms with van der Waals surface area (Å²) in [5.74, 6) is 1.73. The maximum absolute atomic E-state index is 17.4. The van der Waals surface area contributed by atoms with Crippen LogP contribution >= 0.6 is 0 Å². The molecule has 2 aromatic heterocycles. The number of carbonyl (C=O) groups excluding carboxylic acids is 1. The van der Waals surface area contributed by atoms with Crippen molar-refractivity contribution >= 4 is 33.6 Å². The number of nitrogens with zero attached hydrogens (tertiary/aromatic N) is 6. The predicted octanol–water partition coefficient (Wildman–Crippen LogP) is 7.02. The van der Waals surface area contributed by atoms with Crippen molar-refractivity contribution in [2.75, 3.05) is 31.1 Å². The largest absolute Gasteiger partial charge is 0.472 e. The van der Waals surface area contributed by atoms with Gasteiger partial charge in [0, 0.05) is 24.0 Å². The highest BCUT2D eigenvalue weighted by molar-refractivity contribution is 6.03. The molecule has 0 aliphatic carbocycles. The van der Waals surface area contributed by atoms with E-state index in [0.717, 1.165) is 50.8 Å². The zero-order valence-corrected chi connectivity index (χ0v) is 30.4. The number of fused-ring (bicyclic) bond motifs is 7. The third-order valence-electron chi connectivity index (χ3n) is 11.7. The first-order valence-electron chi connectivity index (χ1n) is 18.4. The second-order valence-electron chi connectivity index (χ2n) is 16.2.